The Labute approximate surface area is 123 Å². The van der Waals surface area contributed by atoms with Crippen molar-refractivity contribution in [1.29, 1.82) is 0 Å². The van der Waals surface area contributed by atoms with Gasteiger partial charge in [0, 0.05) is 12.5 Å². The monoisotopic (exact) mass is 278 g/mol. The molecule has 0 aromatic carbocycles. The maximum Gasteiger partial charge on any atom is 0.133 e. The minimum atomic E-state index is 0.302. The van der Waals surface area contributed by atoms with Crippen molar-refractivity contribution in [1.82, 2.24) is 0 Å². The van der Waals surface area contributed by atoms with Crippen molar-refractivity contribution in [2.45, 2.75) is 65.2 Å². The summed E-state index contributed by atoms with van der Waals surface area (Å²) in [5.41, 5.74) is 0.302. The lowest BCUT2D eigenvalue weighted by molar-refractivity contribution is -0.126. The lowest BCUT2D eigenvalue weighted by atomic mass is 9.54. The molecule has 0 spiro atoms. The molecule has 0 aliphatic heterocycles. The third kappa shape index (κ3) is 2.34. The van der Waals surface area contributed by atoms with E-state index in [4.69, 9.17) is 5.11 Å². The van der Waals surface area contributed by atoms with Gasteiger partial charge < -0.3 is 5.11 Å². The Morgan fingerprint density at radius 2 is 1.95 bits per heavy atom. The van der Waals surface area contributed by atoms with E-state index in [1.807, 2.05) is 6.92 Å². The third-order valence-corrected chi connectivity index (χ3v) is 7.10. The van der Waals surface area contributed by atoms with Gasteiger partial charge in [0.05, 0.1) is 0 Å². The SMILES string of the molecule is CC(=O)[C@H]1CC[C@H]2C[C@@H]3C[C@H](CCO)CC[C@@H]3C[C@@]21C. The molecule has 0 heterocycles. The number of Topliss-reactive ketones (excluding diaryl/α,β-unsaturated/α-hetero) is 1. The quantitative estimate of drug-likeness (QED) is 0.852. The molecule has 3 fully saturated rings. The molecule has 3 aliphatic rings. The van der Waals surface area contributed by atoms with Crippen molar-refractivity contribution in [2.75, 3.05) is 6.61 Å². The van der Waals surface area contributed by atoms with Crippen LogP contribution >= 0.6 is 0 Å². The molecule has 114 valence electrons. The Hall–Kier alpha value is -0.370. The fourth-order valence-corrected chi connectivity index (χ4v) is 6.03. The molecule has 6 atom stereocenters. The maximum atomic E-state index is 12.0. The van der Waals surface area contributed by atoms with Crippen molar-refractivity contribution >= 4 is 5.78 Å². The van der Waals surface area contributed by atoms with E-state index in [1.165, 1.54) is 38.5 Å². The molecular weight excluding hydrogens is 248 g/mol. The summed E-state index contributed by atoms with van der Waals surface area (Å²) in [6.45, 7) is 4.57. The zero-order chi connectivity index (χ0) is 14.3. The van der Waals surface area contributed by atoms with Gasteiger partial charge in [0.2, 0.25) is 0 Å². The van der Waals surface area contributed by atoms with Crippen molar-refractivity contribution in [3.05, 3.63) is 0 Å². The average Bonchev–Trinajstić information content (AvgIpc) is 2.72. The zero-order valence-electron chi connectivity index (χ0n) is 13.1. The first-order valence-corrected chi connectivity index (χ1v) is 8.66. The van der Waals surface area contributed by atoms with E-state index < -0.39 is 0 Å². The van der Waals surface area contributed by atoms with Crippen LogP contribution in [-0.4, -0.2) is 17.5 Å². The summed E-state index contributed by atoms with van der Waals surface area (Å²) in [5.74, 6) is 4.04. The van der Waals surface area contributed by atoms with Crippen LogP contribution in [-0.2, 0) is 4.79 Å². The second-order valence-electron chi connectivity index (χ2n) is 8.09. The predicted octanol–water partition coefficient (Wildman–Crippen LogP) is 3.82. The van der Waals surface area contributed by atoms with E-state index in [0.717, 1.165) is 36.5 Å². The summed E-state index contributed by atoms with van der Waals surface area (Å²) in [6.07, 6.45) is 10.0. The lowest BCUT2D eigenvalue weighted by Gasteiger charge is -2.50. The number of rotatable bonds is 3. The first kappa shape index (κ1) is 14.6. The van der Waals surface area contributed by atoms with E-state index >= 15 is 0 Å². The summed E-state index contributed by atoms with van der Waals surface area (Å²) < 4.78 is 0. The van der Waals surface area contributed by atoms with Crippen LogP contribution in [0.25, 0.3) is 0 Å². The van der Waals surface area contributed by atoms with E-state index in [2.05, 4.69) is 6.92 Å². The van der Waals surface area contributed by atoms with E-state index in [1.54, 1.807) is 0 Å². The van der Waals surface area contributed by atoms with Crippen molar-refractivity contribution in [2.24, 2.45) is 35.0 Å². The van der Waals surface area contributed by atoms with Crippen LogP contribution in [0.2, 0.25) is 0 Å². The summed E-state index contributed by atoms with van der Waals surface area (Å²) in [6, 6.07) is 0. The Bertz CT molecular complexity index is 378. The molecule has 3 aliphatic carbocycles. The number of carbonyl (C=O) groups excluding carboxylic acids is 1. The Morgan fingerprint density at radius 3 is 2.65 bits per heavy atom. The number of aliphatic hydroxyl groups excluding tert-OH is 1. The van der Waals surface area contributed by atoms with Crippen LogP contribution in [0, 0.1) is 35.0 Å². The van der Waals surface area contributed by atoms with Gasteiger partial charge in [-0.15, -0.1) is 0 Å². The molecule has 0 aromatic heterocycles. The maximum absolute atomic E-state index is 12.0. The summed E-state index contributed by atoms with van der Waals surface area (Å²) in [4.78, 5) is 12.0. The lowest BCUT2D eigenvalue weighted by Crippen LogP contribution is -2.43. The summed E-state index contributed by atoms with van der Waals surface area (Å²) in [7, 11) is 0. The normalized spacial score (nSPS) is 47.6. The number of hydrogen-bond donors (Lipinski definition) is 1. The van der Waals surface area contributed by atoms with Gasteiger partial charge in [-0.25, -0.2) is 0 Å². The molecule has 20 heavy (non-hydrogen) atoms. The molecule has 0 unspecified atom stereocenters. The molecule has 2 heteroatoms. The average molecular weight is 278 g/mol. The zero-order valence-corrected chi connectivity index (χ0v) is 13.1. The summed E-state index contributed by atoms with van der Waals surface area (Å²) in [5, 5.41) is 9.16. The highest BCUT2D eigenvalue weighted by atomic mass is 16.3. The molecule has 0 radical (unpaired) electrons. The van der Waals surface area contributed by atoms with Crippen LogP contribution < -0.4 is 0 Å². The van der Waals surface area contributed by atoms with Gasteiger partial charge in [-0.2, -0.15) is 0 Å². The molecular formula is C18H30O2. The Balaban J connectivity index is 1.71. The molecule has 0 saturated heterocycles. The second kappa shape index (κ2) is 5.44. The van der Waals surface area contributed by atoms with E-state index in [-0.39, 0.29) is 0 Å². The van der Waals surface area contributed by atoms with Crippen LogP contribution in [0.5, 0.6) is 0 Å². The first-order chi connectivity index (χ1) is 9.54. The minimum absolute atomic E-state index is 0.302. The van der Waals surface area contributed by atoms with Gasteiger partial charge in [0.25, 0.3) is 0 Å². The standard InChI is InChI=1S/C18H30O2/c1-12(20)17-6-5-16-10-15-9-13(7-8-19)3-4-14(15)11-18(16,17)2/h13-17,19H,3-11H2,1-2H3/t13-,14+,15-,16-,17+,18-/m0/s1. The molecule has 3 rings (SSSR count). The topological polar surface area (TPSA) is 37.3 Å². The highest BCUT2D eigenvalue weighted by Gasteiger charge is 2.54. The molecule has 2 nitrogen and oxygen atoms in total. The Morgan fingerprint density at radius 1 is 1.15 bits per heavy atom. The van der Waals surface area contributed by atoms with Crippen molar-refractivity contribution < 1.29 is 9.90 Å². The highest BCUT2D eigenvalue weighted by Crippen LogP contribution is 2.61. The van der Waals surface area contributed by atoms with Gasteiger partial charge in [0.15, 0.2) is 0 Å². The smallest absolute Gasteiger partial charge is 0.133 e. The molecule has 3 saturated carbocycles. The van der Waals surface area contributed by atoms with Gasteiger partial charge in [0.1, 0.15) is 5.78 Å². The Kier molecular flexibility index (Phi) is 3.96. The molecule has 0 aromatic rings. The number of aliphatic hydroxyl groups is 1. The van der Waals surface area contributed by atoms with Gasteiger partial charge >= 0.3 is 0 Å². The fraction of sp³-hybridized carbons (Fsp3) is 0.944. The molecule has 1 N–H and O–H groups in total. The molecule has 0 bridgehead atoms. The minimum Gasteiger partial charge on any atom is -0.396 e. The van der Waals surface area contributed by atoms with Gasteiger partial charge in [-0.3, -0.25) is 4.79 Å². The van der Waals surface area contributed by atoms with Crippen LogP contribution in [0.4, 0.5) is 0 Å². The predicted molar refractivity (Wildman–Crippen MR) is 80.3 cm³/mol. The summed E-state index contributed by atoms with van der Waals surface area (Å²) >= 11 is 0. The van der Waals surface area contributed by atoms with E-state index in [9.17, 15) is 4.79 Å². The molecule has 0 amide bonds. The number of hydrogen-bond acceptors (Lipinski definition) is 2. The van der Waals surface area contributed by atoms with Crippen molar-refractivity contribution in [3.63, 3.8) is 0 Å². The number of carbonyl (C=O) groups is 1. The van der Waals surface area contributed by atoms with Crippen molar-refractivity contribution in [3.8, 4) is 0 Å². The highest BCUT2D eigenvalue weighted by molar-refractivity contribution is 5.79. The second-order valence-corrected chi connectivity index (χ2v) is 8.09. The van der Waals surface area contributed by atoms with Crippen LogP contribution in [0.15, 0.2) is 0 Å². The largest absolute Gasteiger partial charge is 0.396 e. The first-order valence-electron chi connectivity index (χ1n) is 8.66. The van der Waals surface area contributed by atoms with Crippen LogP contribution in [0.3, 0.4) is 0 Å². The third-order valence-electron chi connectivity index (χ3n) is 7.10. The number of fused-ring (bicyclic) bond motifs is 2. The van der Waals surface area contributed by atoms with Crippen LogP contribution in [0.1, 0.15) is 65.2 Å². The van der Waals surface area contributed by atoms with Gasteiger partial charge in [-0.05, 0) is 81.0 Å². The fourth-order valence-electron chi connectivity index (χ4n) is 6.03. The van der Waals surface area contributed by atoms with Gasteiger partial charge in [-0.1, -0.05) is 13.3 Å². The number of ketones is 1. The van der Waals surface area contributed by atoms with E-state index in [0.29, 0.717) is 23.7 Å².